The van der Waals surface area contributed by atoms with E-state index in [1.54, 1.807) is 11.5 Å². The van der Waals surface area contributed by atoms with Crippen molar-refractivity contribution in [1.82, 2.24) is 24.9 Å². The Bertz CT molecular complexity index is 1710. The largest absolute Gasteiger partial charge is 0.368 e. The molecule has 210 valence electrons. The van der Waals surface area contributed by atoms with Crippen LogP contribution >= 0.6 is 0 Å². The van der Waals surface area contributed by atoms with Gasteiger partial charge in [0.15, 0.2) is 5.65 Å². The first-order valence-corrected chi connectivity index (χ1v) is 13.7. The fourth-order valence-corrected chi connectivity index (χ4v) is 5.57. The van der Waals surface area contributed by atoms with Crippen molar-refractivity contribution in [2.45, 2.75) is 26.2 Å². The third kappa shape index (κ3) is 5.23. The number of rotatable bonds is 6. The molecule has 0 bridgehead atoms. The van der Waals surface area contributed by atoms with Crippen LogP contribution < -0.4 is 21.1 Å². The molecular weight excluding hydrogens is 522 g/mol. The molecule has 4 aromatic rings. The van der Waals surface area contributed by atoms with Crippen LogP contribution in [0, 0.1) is 0 Å². The lowest BCUT2D eigenvalue weighted by atomic mass is 10.1. The van der Waals surface area contributed by atoms with Gasteiger partial charge >= 0.3 is 0 Å². The summed E-state index contributed by atoms with van der Waals surface area (Å²) in [5, 5.41) is 3.49. The summed E-state index contributed by atoms with van der Waals surface area (Å²) < 4.78 is 1.76. The SMILES string of the molecule is CONC(=O)c1cn(-c2ccc3c(c2)CCC3)c2nc(Nc3cccc(N4CCN(C(C)=O)CC4)c3)ncc2c1=O. The lowest BCUT2D eigenvalue weighted by Crippen LogP contribution is -2.48. The molecule has 11 nitrogen and oxygen atoms in total. The molecular formula is C30H31N7O4. The number of fused-ring (bicyclic) bond motifs is 2. The van der Waals surface area contributed by atoms with Crippen LogP contribution in [0.15, 0.2) is 59.7 Å². The van der Waals surface area contributed by atoms with Gasteiger partial charge in [0.2, 0.25) is 17.3 Å². The Morgan fingerprint density at radius 2 is 1.78 bits per heavy atom. The third-order valence-corrected chi connectivity index (χ3v) is 7.74. The minimum absolute atomic E-state index is 0.0678. The summed E-state index contributed by atoms with van der Waals surface area (Å²) in [7, 11) is 1.32. The van der Waals surface area contributed by atoms with Crippen molar-refractivity contribution in [2.75, 3.05) is 43.5 Å². The number of piperazine rings is 1. The summed E-state index contributed by atoms with van der Waals surface area (Å²) >= 11 is 0. The number of hydrogen-bond acceptors (Lipinski definition) is 8. The Morgan fingerprint density at radius 1 is 0.976 bits per heavy atom. The fourth-order valence-electron chi connectivity index (χ4n) is 5.57. The zero-order valence-corrected chi connectivity index (χ0v) is 23.0. The zero-order valence-electron chi connectivity index (χ0n) is 23.0. The smallest absolute Gasteiger partial charge is 0.280 e. The number of amides is 2. The normalized spacial score (nSPS) is 14.7. The van der Waals surface area contributed by atoms with Gasteiger partial charge in [-0.1, -0.05) is 12.1 Å². The number of carbonyl (C=O) groups is 2. The van der Waals surface area contributed by atoms with E-state index >= 15 is 0 Å². The fraction of sp³-hybridized carbons (Fsp3) is 0.300. The van der Waals surface area contributed by atoms with Crippen LogP contribution in [0.3, 0.4) is 0 Å². The number of nitrogens with zero attached hydrogens (tertiary/aromatic N) is 5. The minimum Gasteiger partial charge on any atom is -0.368 e. The molecule has 0 spiro atoms. The number of carbonyl (C=O) groups excluding carboxylic acids is 2. The van der Waals surface area contributed by atoms with Gasteiger partial charge in [-0.15, -0.1) is 0 Å². The van der Waals surface area contributed by atoms with Gasteiger partial charge in [-0.3, -0.25) is 19.2 Å². The number of nitrogens with one attached hydrogen (secondary N) is 2. The van der Waals surface area contributed by atoms with Crippen LogP contribution in [0.1, 0.15) is 34.8 Å². The molecule has 0 unspecified atom stereocenters. The molecule has 6 rings (SSSR count). The van der Waals surface area contributed by atoms with E-state index in [4.69, 9.17) is 9.82 Å². The highest BCUT2D eigenvalue weighted by atomic mass is 16.6. The maximum absolute atomic E-state index is 13.3. The van der Waals surface area contributed by atoms with Crippen molar-refractivity contribution in [3.8, 4) is 5.69 Å². The van der Waals surface area contributed by atoms with Crippen LogP contribution in [0.2, 0.25) is 0 Å². The highest BCUT2D eigenvalue weighted by molar-refractivity contribution is 5.96. The topological polar surface area (TPSA) is 122 Å². The van der Waals surface area contributed by atoms with E-state index in [2.05, 4.69) is 32.8 Å². The van der Waals surface area contributed by atoms with Crippen molar-refractivity contribution >= 4 is 40.2 Å². The van der Waals surface area contributed by atoms with Gasteiger partial charge in [0.25, 0.3) is 5.91 Å². The molecule has 1 aliphatic heterocycles. The molecule has 2 aliphatic rings. The Hall–Kier alpha value is -4.77. The molecule has 0 radical (unpaired) electrons. The maximum atomic E-state index is 13.3. The summed E-state index contributed by atoms with van der Waals surface area (Å²) in [6.07, 6.45) is 6.09. The summed E-state index contributed by atoms with van der Waals surface area (Å²) in [6, 6.07) is 14.1. The lowest BCUT2D eigenvalue weighted by Gasteiger charge is -2.35. The van der Waals surface area contributed by atoms with Crippen molar-refractivity contribution in [1.29, 1.82) is 0 Å². The molecule has 11 heteroatoms. The van der Waals surface area contributed by atoms with Crippen molar-refractivity contribution < 1.29 is 14.4 Å². The molecule has 1 saturated heterocycles. The molecule has 2 N–H and O–H groups in total. The maximum Gasteiger partial charge on any atom is 0.280 e. The zero-order chi connectivity index (χ0) is 28.5. The van der Waals surface area contributed by atoms with Crippen molar-refractivity contribution in [3.63, 3.8) is 0 Å². The summed E-state index contributed by atoms with van der Waals surface area (Å²) in [5.41, 5.74) is 7.27. The number of benzene rings is 2. The molecule has 3 heterocycles. The second-order valence-electron chi connectivity index (χ2n) is 10.3. The number of aryl methyl sites for hydroxylation is 2. The van der Waals surface area contributed by atoms with Gasteiger partial charge in [-0.25, -0.2) is 10.5 Å². The Kier molecular flexibility index (Phi) is 7.10. The summed E-state index contributed by atoms with van der Waals surface area (Å²) in [6.45, 7) is 4.47. The highest BCUT2D eigenvalue weighted by Gasteiger charge is 2.21. The molecule has 0 saturated carbocycles. The minimum atomic E-state index is -0.641. The molecule has 1 aliphatic carbocycles. The van der Waals surface area contributed by atoms with E-state index in [-0.39, 0.29) is 16.9 Å². The number of hydroxylamine groups is 1. The molecule has 2 aromatic carbocycles. The van der Waals surface area contributed by atoms with Gasteiger partial charge in [-0.2, -0.15) is 4.98 Å². The predicted molar refractivity (Wildman–Crippen MR) is 156 cm³/mol. The second kappa shape index (κ2) is 11.0. The first-order chi connectivity index (χ1) is 19.9. The van der Waals surface area contributed by atoms with E-state index in [1.807, 2.05) is 35.2 Å². The van der Waals surface area contributed by atoms with E-state index in [0.717, 1.165) is 49.4 Å². The van der Waals surface area contributed by atoms with E-state index in [1.165, 1.54) is 30.6 Å². The van der Waals surface area contributed by atoms with Crippen molar-refractivity contribution in [3.05, 3.63) is 81.8 Å². The van der Waals surface area contributed by atoms with Crippen molar-refractivity contribution in [2.24, 2.45) is 0 Å². The lowest BCUT2D eigenvalue weighted by molar-refractivity contribution is -0.129. The predicted octanol–water partition coefficient (Wildman–Crippen LogP) is 2.97. The van der Waals surface area contributed by atoms with E-state index < -0.39 is 11.3 Å². The number of hydrogen-bond donors (Lipinski definition) is 2. The average molecular weight is 554 g/mol. The molecule has 2 amide bonds. The Balaban J connectivity index is 1.36. The molecule has 0 atom stereocenters. The van der Waals surface area contributed by atoms with Gasteiger partial charge in [-0.05, 0) is 60.7 Å². The van der Waals surface area contributed by atoms with Crippen LogP contribution in [0.5, 0.6) is 0 Å². The average Bonchev–Trinajstić information content (AvgIpc) is 3.46. The van der Waals surface area contributed by atoms with Gasteiger partial charge in [0, 0.05) is 62.6 Å². The van der Waals surface area contributed by atoms with Crippen LogP contribution in [-0.4, -0.2) is 64.5 Å². The van der Waals surface area contributed by atoms with Gasteiger partial charge in [0.05, 0.1) is 12.5 Å². The quantitative estimate of drug-likeness (QED) is 0.350. The standard InChI is InChI=1S/C30H31N7O4/c1-19(38)35-11-13-36(14-12-35)23-8-4-7-22(16-23)32-30-31-17-25-27(39)26(29(40)34-41-2)18-37(28(25)33-30)24-10-9-20-5-3-6-21(20)15-24/h4,7-10,15-18H,3,5-6,11-14H2,1-2H3,(H,34,40)(H,31,32,33). The summed E-state index contributed by atoms with van der Waals surface area (Å²) in [5.74, 6) is -0.227. The number of aromatic nitrogens is 3. The summed E-state index contributed by atoms with van der Waals surface area (Å²) in [4.78, 5) is 55.7. The Morgan fingerprint density at radius 3 is 2.56 bits per heavy atom. The number of anilines is 3. The highest BCUT2D eigenvalue weighted by Crippen LogP contribution is 2.27. The first kappa shape index (κ1) is 26.5. The monoisotopic (exact) mass is 553 g/mol. The second-order valence-corrected chi connectivity index (χ2v) is 10.3. The van der Waals surface area contributed by atoms with Gasteiger partial charge in [0.1, 0.15) is 5.56 Å². The van der Waals surface area contributed by atoms with Crippen LogP contribution in [-0.2, 0) is 22.5 Å². The third-order valence-electron chi connectivity index (χ3n) is 7.74. The molecule has 2 aromatic heterocycles. The van der Waals surface area contributed by atoms with Gasteiger partial charge < -0.3 is 19.7 Å². The van der Waals surface area contributed by atoms with Crippen LogP contribution in [0.25, 0.3) is 16.7 Å². The van der Waals surface area contributed by atoms with E-state index in [9.17, 15) is 14.4 Å². The first-order valence-electron chi connectivity index (χ1n) is 13.7. The Labute approximate surface area is 236 Å². The van der Waals surface area contributed by atoms with Crippen LogP contribution in [0.4, 0.5) is 17.3 Å². The van der Waals surface area contributed by atoms with E-state index in [0.29, 0.717) is 24.7 Å². The number of pyridine rings is 1. The molecule has 41 heavy (non-hydrogen) atoms. The molecule has 1 fully saturated rings.